The third kappa shape index (κ3) is 7.84. The smallest absolute Gasteiger partial charge is 0.341 e. The summed E-state index contributed by atoms with van der Waals surface area (Å²) in [6, 6.07) is 25.8. The zero-order valence-electron chi connectivity index (χ0n) is 25.2. The topological polar surface area (TPSA) is 89.9 Å². The van der Waals surface area contributed by atoms with Crippen LogP contribution < -0.4 is 9.47 Å². The maximum Gasteiger partial charge on any atom is 0.341 e. The molecule has 5 rings (SSSR count). The number of rotatable bonds is 13. The molecule has 0 aliphatic rings. The Morgan fingerprint density at radius 2 is 1.24 bits per heavy atom. The molecule has 5 aromatic rings. The molecule has 0 aliphatic heterocycles. The predicted octanol–water partition coefficient (Wildman–Crippen LogP) is 9.09. The van der Waals surface area contributed by atoms with Gasteiger partial charge < -0.3 is 14.6 Å². The van der Waals surface area contributed by atoms with Crippen molar-refractivity contribution < 1.29 is 29.0 Å². The SMILES string of the molecule is CCc1cc(OCC=C(c2ccc(-c3cc(C(C)=O)cs3)cc2)c2ccc(-c3cc(C(C)=O)cs3)cc2)ccc1OCC(=O)O. The summed E-state index contributed by atoms with van der Waals surface area (Å²) in [4.78, 5) is 36.6. The van der Waals surface area contributed by atoms with Crippen molar-refractivity contribution in [2.75, 3.05) is 13.2 Å². The maximum absolute atomic E-state index is 11.8. The van der Waals surface area contributed by atoms with Crippen LogP contribution in [0.2, 0.25) is 0 Å². The van der Waals surface area contributed by atoms with E-state index in [4.69, 9.17) is 14.6 Å². The fourth-order valence-electron chi connectivity index (χ4n) is 4.80. The second kappa shape index (κ2) is 14.3. The van der Waals surface area contributed by atoms with Gasteiger partial charge in [-0.05, 0) is 90.1 Å². The molecule has 2 aromatic heterocycles. The molecule has 0 bridgehead atoms. The number of carboxylic acids is 1. The molecule has 6 nitrogen and oxygen atoms in total. The number of Topliss-reactive ketones (excluding diaryl/α,β-unsaturated/α-hetero) is 2. The third-order valence-electron chi connectivity index (χ3n) is 7.27. The highest BCUT2D eigenvalue weighted by Crippen LogP contribution is 2.33. The molecule has 45 heavy (non-hydrogen) atoms. The van der Waals surface area contributed by atoms with E-state index in [0.29, 0.717) is 35.7 Å². The first-order valence-electron chi connectivity index (χ1n) is 14.4. The molecule has 228 valence electrons. The number of ether oxygens (including phenoxy) is 2. The molecule has 0 atom stereocenters. The first kappa shape index (κ1) is 31.6. The van der Waals surface area contributed by atoms with Crippen molar-refractivity contribution in [3.8, 4) is 32.4 Å². The lowest BCUT2D eigenvalue weighted by Gasteiger charge is -2.13. The highest BCUT2D eigenvalue weighted by atomic mass is 32.1. The van der Waals surface area contributed by atoms with Crippen LogP contribution >= 0.6 is 22.7 Å². The summed E-state index contributed by atoms with van der Waals surface area (Å²) in [6.45, 7) is 5.03. The Bertz CT molecular complexity index is 1760. The van der Waals surface area contributed by atoms with Crippen LogP contribution in [0, 0.1) is 0 Å². The van der Waals surface area contributed by atoms with Crippen LogP contribution in [0.1, 0.15) is 58.2 Å². The molecule has 2 heterocycles. The number of aliphatic carboxylic acids is 1. The number of carbonyl (C=O) groups excluding carboxylic acids is 2. The van der Waals surface area contributed by atoms with Gasteiger partial charge in [-0.2, -0.15) is 0 Å². The van der Waals surface area contributed by atoms with Gasteiger partial charge in [-0.25, -0.2) is 4.79 Å². The first-order chi connectivity index (χ1) is 21.7. The number of carboxylic acid groups (broad SMARTS) is 1. The molecule has 3 aromatic carbocycles. The van der Waals surface area contributed by atoms with Crippen molar-refractivity contribution in [1.29, 1.82) is 0 Å². The van der Waals surface area contributed by atoms with E-state index in [-0.39, 0.29) is 11.6 Å². The lowest BCUT2D eigenvalue weighted by molar-refractivity contribution is -0.139. The Morgan fingerprint density at radius 1 is 0.711 bits per heavy atom. The Labute approximate surface area is 270 Å². The van der Waals surface area contributed by atoms with Crippen molar-refractivity contribution in [1.82, 2.24) is 0 Å². The molecule has 0 saturated carbocycles. The Hall–Kier alpha value is -4.79. The van der Waals surface area contributed by atoms with Crippen LogP contribution in [0.25, 0.3) is 26.5 Å². The maximum atomic E-state index is 11.8. The number of benzene rings is 3. The minimum absolute atomic E-state index is 0.0522. The fourth-order valence-corrected chi connectivity index (χ4v) is 6.71. The van der Waals surface area contributed by atoms with Gasteiger partial charge in [0.15, 0.2) is 18.2 Å². The molecule has 0 unspecified atom stereocenters. The zero-order valence-corrected chi connectivity index (χ0v) is 26.8. The van der Waals surface area contributed by atoms with E-state index in [9.17, 15) is 14.4 Å². The highest BCUT2D eigenvalue weighted by Gasteiger charge is 2.12. The molecule has 1 N–H and O–H groups in total. The predicted molar refractivity (Wildman–Crippen MR) is 181 cm³/mol. The van der Waals surface area contributed by atoms with Crippen molar-refractivity contribution >= 4 is 45.8 Å². The summed E-state index contributed by atoms with van der Waals surface area (Å²) in [5.74, 6) is 0.274. The normalized spacial score (nSPS) is 10.7. The second-order valence-corrected chi connectivity index (χ2v) is 12.2. The summed E-state index contributed by atoms with van der Waals surface area (Å²) < 4.78 is 11.5. The van der Waals surface area contributed by atoms with Crippen LogP contribution in [0.5, 0.6) is 11.5 Å². The van der Waals surface area contributed by atoms with Gasteiger partial charge in [-0.1, -0.05) is 55.5 Å². The number of carbonyl (C=O) groups is 3. The highest BCUT2D eigenvalue weighted by molar-refractivity contribution is 7.14. The van der Waals surface area contributed by atoms with Gasteiger partial charge in [0.2, 0.25) is 0 Å². The first-order valence-corrected chi connectivity index (χ1v) is 16.2. The average molecular weight is 637 g/mol. The van der Waals surface area contributed by atoms with E-state index in [1.807, 2.05) is 42.0 Å². The molecular formula is C37H32O6S2. The molecule has 8 heteroatoms. The van der Waals surface area contributed by atoms with Crippen molar-refractivity contribution in [3.05, 3.63) is 124 Å². The Balaban J connectivity index is 1.42. The van der Waals surface area contributed by atoms with Gasteiger partial charge in [0.1, 0.15) is 18.1 Å². The van der Waals surface area contributed by atoms with E-state index in [0.717, 1.165) is 43.1 Å². The third-order valence-corrected chi connectivity index (χ3v) is 9.23. The molecule has 0 spiro atoms. The monoisotopic (exact) mass is 636 g/mol. The number of thiophene rings is 2. The Kier molecular flexibility index (Phi) is 10.1. The molecular weight excluding hydrogens is 605 g/mol. The minimum atomic E-state index is -1.02. The standard InChI is InChI=1S/C37H32O6S2/c1-4-25-17-32(13-14-34(25)43-20-37(40)41)42-16-15-33(26-5-9-28(10-6-26)35-18-30(21-44-35)23(2)38)27-7-11-29(12-8-27)36-19-31(22-45-36)24(3)39/h5-15,17-19,21-22H,4,16,20H2,1-3H3,(H,40,41). The van der Waals surface area contributed by atoms with Gasteiger partial charge >= 0.3 is 5.97 Å². The summed E-state index contributed by atoms with van der Waals surface area (Å²) in [5, 5.41) is 12.7. The Morgan fingerprint density at radius 3 is 1.69 bits per heavy atom. The van der Waals surface area contributed by atoms with Crippen LogP contribution in [-0.4, -0.2) is 35.9 Å². The van der Waals surface area contributed by atoms with Crippen molar-refractivity contribution in [2.45, 2.75) is 27.2 Å². The van der Waals surface area contributed by atoms with Gasteiger partial charge in [0, 0.05) is 31.6 Å². The van der Waals surface area contributed by atoms with Gasteiger partial charge in [0.25, 0.3) is 0 Å². The number of ketones is 2. The van der Waals surface area contributed by atoms with Gasteiger partial charge in [0.05, 0.1) is 0 Å². The lowest BCUT2D eigenvalue weighted by atomic mass is 9.95. The van der Waals surface area contributed by atoms with E-state index < -0.39 is 12.6 Å². The largest absolute Gasteiger partial charge is 0.489 e. The van der Waals surface area contributed by atoms with E-state index >= 15 is 0 Å². The van der Waals surface area contributed by atoms with E-state index in [1.165, 1.54) is 0 Å². The second-order valence-electron chi connectivity index (χ2n) is 10.4. The van der Waals surface area contributed by atoms with Crippen molar-refractivity contribution in [3.63, 3.8) is 0 Å². The van der Waals surface area contributed by atoms with Crippen LogP contribution in [0.3, 0.4) is 0 Å². The average Bonchev–Trinajstić information content (AvgIpc) is 3.74. The van der Waals surface area contributed by atoms with Gasteiger partial charge in [-0.3, -0.25) is 9.59 Å². The zero-order chi connectivity index (χ0) is 31.9. The molecule has 0 amide bonds. The fraction of sp³-hybridized carbons (Fsp3) is 0.162. The summed E-state index contributed by atoms with van der Waals surface area (Å²) in [6.07, 6.45) is 2.71. The summed E-state index contributed by atoms with van der Waals surface area (Å²) >= 11 is 3.10. The number of aryl methyl sites for hydroxylation is 1. The number of hydrogen-bond acceptors (Lipinski definition) is 7. The molecule has 0 aliphatic carbocycles. The summed E-state index contributed by atoms with van der Waals surface area (Å²) in [7, 11) is 0. The van der Waals surface area contributed by atoms with Crippen LogP contribution in [0.15, 0.2) is 95.7 Å². The molecule has 0 saturated heterocycles. The van der Waals surface area contributed by atoms with Crippen molar-refractivity contribution in [2.24, 2.45) is 0 Å². The van der Waals surface area contributed by atoms with Crippen LogP contribution in [-0.2, 0) is 11.2 Å². The molecule has 0 radical (unpaired) electrons. The van der Waals surface area contributed by atoms with Crippen LogP contribution in [0.4, 0.5) is 0 Å². The van der Waals surface area contributed by atoms with Gasteiger partial charge in [-0.15, -0.1) is 22.7 Å². The minimum Gasteiger partial charge on any atom is -0.489 e. The number of hydrogen-bond donors (Lipinski definition) is 1. The summed E-state index contributed by atoms with van der Waals surface area (Å²) in [5.41, 5.74) is 7.40. The van der Waals surface area contributed by atoms with E-state index in [2.05, 4.69) is 48.5 Å². The quantitative estimate of drug-likeness (QED) is 0.130. The lowest BCUT2D eigenvalue weighted by Crippen LogP contribution is -2.10. The molecule has 0 fully saturated rings. The van der Waals surface area contributed by atoms with E-state index in [1.54, 1.807) is 48.7 Å².